The van der Waals surface area contributed by atoms with E-state index in [1.807, 2.05) is 0 Å². The average molecular weight is 337 g/mol. The van der Waals surface area contributed by atoms with Crippen molar-refractivity contribution in [2.75, 3.05) is 13.2 Å². The maximum atomic E-state index is 13.0. The third-order valence-corrected chi connectivity index (χ3v) is 4.15. The van der Waals surface area contributed by atoms with Crippen molar-refractivity contribution in [1.29, 1.82) is 0 Å². The van der Waals surface area contributed by atoms with Crippen molar-refractivity contribution in [3.05, 3.63) is 0 Å². The molecule has 2 amide bonds. The highest BCUT2D eigenvalue weighted by Gasteiger charge is 2.72. The molecule has 0 radical (unpaired) electrons. The van der Waals surface area contributed by atoms with E-state index in [1.54, 1.807) is 13.8 Å². The van der Waals surface area contributed by atoms with Gasteiger partial charge in [-0.1, -0.05) is 13.8 Å². The lowest BCUT2D eigenvalue weighted by Gasteiger charge is -2.22. The minimum absolute atomic E-state index is 0.0598. The molecule has 1 aliphatic carbocycles. The van der Waals surface area contributed by atoms with E-state index in [1.165, 1.54) is 6.92 Å². The lowest BCUT2D eigenvalue weighted by Crippen LogP contribution is -2.43. The Hall–Kier alpha value is -1.80. The first-order valence-electron chi connectivity index (χ1n) is 7.34. The summed E-state index contributed by atoms with van der Waals surface area (Å²) in [5.74, 6) is -7.59. The number of alkyl halides is 3. The summed E-state index contributed by atoms with van der Waals surface area (Å²) in [6, 6.07) is -0.632. The van der Waals surface area contributed by atoms with Gasteiger partial charge in [-0.15, -0.1) is 0 Å². The molecule has 0 N–H and O–H groups in total. The SMILES string of the molecule is CCOC(=O)[C@@H]1[C@@H](C(=O)N2C(=O)OC[C@@H]2C(C)C)[C@@H]1C(F)(F)F. The molecule has 2 fully saturated rings. The van der Waals surface area contributed by atoms with E-state index < -0.39 is 47.9 Å². The van der Waals surface area contributed by atoms with Crippen LogP contribution in [0.1, 0.15) is 20.8 Å². The van der Waals surface area contributed by atoms with Crippen molar-refractivity contribution in [3.8, 4) is 0 Å². The van der Waals surface area contributed by atoms with Gasteiger partial charge in [0.15, 0.2) is 0 Å². The number of halogens is 3. The first-order chi connectivity index (χ1) is 10.6. The number of rotatable bonds is 4. The quantitative estimate of drug-likeness (QED) is 0.734. The largest absolute Gasteiger partial charge is 0.466 e. The fourth-order valence-corrected chi connectivity index (χ4v) is 2.90. The predicted octanol–water partition coefficient (Wildman–Crippen LogP) is 1.98. The summed E-state index contributed by atoms with van der Waals surface area (Å²) < 4.78 is 48.5. The minimum atomic E-state index is -4.71. The van der Waals surface area contributed by atoms with Crippen molar-refractivity contribution in [3.63, 3.8) is 0 Å². The van der Waals surface area contributed by atoms with Gasteiger partial charge in [0.1, 0.15) is 6.61 Å². The van der Waals surface area contributed by atoms with Gasteiger partial charge in [0.2, 0.25) is 5.91 Å². The van der Waals surface area contributed by atoms with Crippen LogP contribution in [0.3, 0.4) is 0 Å². The van der Waals surface area contributed by atoms with Gasteiger partial charge in [-0.2, -0.15) is 13.2 Å². The summed E-state index contributed by atoms with van der Waals surface area (Å²) in [4.78, 5) is 36.5. The monoisotopic (exact) mass is 337 g/mol. The fraction of sp³-hybridized carbons (Fsp3) is 0.786. The highest BCUT2D eigenvalue weighted by atomic mass is 19.4. The topological polar surface area (TPSA) is 72.9 Å². The molecule has 2 aliphatic rings. The zero-order valence-electron chi connectivity index (χ0n) is 12.9. The normalized spacial score (nSPS) is 30.4. The zero-order valence-corrected chi connectivity index (χ0v) is 12.9. The molecular formula is C14H18F3NO5. The number of esters is 1. The van der Waals surface area contributed by atoms with Crippen LogP contribution in [0.15, 0.2) is 0 Å². The Balaban J connectivity index is 2.23. The summed E-state index contributed by atoms with van der Waals surface area (Å²) in [7, 11) is 0. The van der Waals surface area contributed by atoms with Crippen molar-refractivity contribution in [2.24, 2.45) is 23.7 Å². The van der Waals surface area contributed by atoms with E-state index in [0.29, 0.717) is 4.90 Å². The Morgan fingerprint density at radius 1 is 1.35 bits per heavy atom. The van der Waals surface area contributed by atoms with E-state index in [2.05, 4.69) is 4.74 Å². The van der Waals surface area contributed by atoms with E-state index >= 15 is 0 Å². The fourth-order valence-electron chi connectivity index (χ4n) is 2.90. The van der Waals surface area contributed by atoms with Crippen LogP contribution in [0, 0.1) is 23.7 Å². The molecule has 0 unspecified atom stereocenters. The Labute approximate surface area is 130 Å². The van der Waals surface area contributed by atoms with Crippen LogP contribution in [-0.2, 0) is 19.1 Å². The first-order valence-corrected chi connectivity index (χ1v) is 7.34. The van der Waals surface area contributed by atoms with E-state index in [0.717, 1.165) is 0 Å². The smallest absolute Gasteiger partial charge is 0.416 e. The summed E-state index contributed by atoms with van der Waals surface area (Å²) in [5, 5.41) is 0. The zero-order chi connectivity index (χ0) is 17.5. The number of nitrogens with zero attached hydrogens (tertiary/aromatic N) is 1. The molecule has 0 aromatic heterocycles. The molecule has 0 spiro atoms. The van der Waals surface area contributed by atoms with Crippen LogP contribution in [-0.4, -0.2) is 48.3 Å². The maximum absolute atomic E-state index is 13.0. The van der Waals surface area contributed by atoms with Gasteiger partial charge < -0.3 is 9.47 Å². The van der Waals surface area contributed by atoms with Crippen molar-refractivity contribution in [2.45, 2.75) is 33.0 Å². The van der Waals surface area contributed by atoms with Gasteiger partial charge in [-0.3, -0.25) is 9.59 Å². The van der Waals surface area contributed by atoms with Gasteiger partial charge in [0, 0.05) is 0 Å². The van der Waals surface area contributed by atoms with Crippen LogP contribution >= 0.6 is 0 Å². The number of amides is 2. The third kappa shape index (κ3) is 3.13. The first kappa shape index (κ1) is 17.6. The lowest BCUT2D eigenvalue weighted by molar-refractivity contribution is -0.165. The number of ether oxygens (including phenoxy) is 2. The minimum Gasteiger partial charge on any atom is -0.466 e. The van der Waals surface area contributed by atoms with Gasteiger partial charge in [-0.05, 0) is 12.8 Å². The van der Waals surface area contributed by atoms with Crippen molar-refractivity contribution in [1.82, 2.24) is 4.90 Å². The number of hydrogen-bond donors (Lipinski definition) is 0. The highest BCUT2D eigenvalue weighted by molar-refractivity contribution is 5.99. The second kappa shape index (κ2) is 6.01. The Morgan fingerprint density at radius 2 is 1.96 bits per heavy atom. The second-order valence-corrected chi connectivity index (χ2v) is 5.97. The van der Waals surface area contributed by atoms with E-state index in [-0.39, 0.29) is 19.1 Å². The van der Waals surface area contributed by atoms with Crippen LogP contribution in [0.25, 0.3) is 0 Å². The molecule has 9 heteroatoms. The maximum Gasteiger partial charge on any atom is 0.416 e. The molecule has 23 heavy (non-hydrogen) atoms. The Morgan fingerprint density at radius 3 is 2.43 bits per heavy atom. The summed E-state index contributed by atoms with van der Waals surface area (Å²) in [5.41, 5.74) is 0. The number of carbonyl (C=O) groups excluding carboxylic acids is 3. The summed E-state index contributed by atoms with van der Waals surface area (Å²) in [6.07, 6.45) is -5.68. The third-order valence-electron chi connectivity index (χ3n) is 4.15. The van der Waals surface area contributed by atoms with E-state index in [4.69, 9.17) is 4.74 Å². The second-order valence-electron chi connectivity index (χ2n) is 5.97. The molecule has 6 nitrogen and oxygen atoms in total. The standard InChI is InChI=1S/C14H18F3NO5/c1-4-22-12(20)9-8(10(9)14(15,16)17)11(19)18-7(6(2)3)5-23-13(18)21/h6-10H,4-5H2,1-3H3/t7-,8-,9-,10+/m1/s1. The van der Waals surface area contributed by atoms with Gasteiger partial charge in [-0.25, -0.2) is 9.69 Å². The van der Waals surface area contributed by atoms with Gasteiger partial charge in [0.05, 0.1) is 30.4 Å². The van der Waals surface area contributed by atoms with Crippen molar-refractivity contribution < 1.29 is 37.0 Å². The molecule has 1 heterocycles. The lowest BCUT2D eigenvalue weighted by atomic mass is 10.0. The molecule has 1 aliphatic heterocycles. The van der Waals surface area contributed by atoms with Crippen LogP contribution in [0.4, 0.5) is 18.0 Å². The molecule has 0 bridgehead atoms. The number of hydrogen-bond acceptors (Lipinski definition) is 5. The highest BCUT2D eigenvalue weighted by Crippen LogP contribution is 2.57. The molecule has 1 saturated heterocycles. The molecule has 130 valence electrons. The Bertz CT molecular complexity index is 519. The molecule has 4 atom stereocenters. The van der Waals surface area contributed by atoms with E-state index in [9.17, 15) is 27.6 Å². The van der Waals surface area contributed by atoms with Gasteiger partial charge in [0.25, 0.3) is 0 Å². The van der Waals surface area contributed by atoms with Crippen molar-refractivity contribution >= 4 is 18.0 Å². The number of cyclic esters (lactones) is 1. The van der Waals surface area contributed by atoms with Gasteiger partial charge >= 0.3 is 18.2 Å². The van der Waals surface area contributed by atoms with Crippen LogP contribution < -0.4 is 0 Å². The van der Waals surface area contributed by atoms with Crippen LogP contribution in [0.5, 0.6) is 0 Å². The predicted molar refractivity (Wildman–Crippen MR) is 70.0 cm³/mol. The molecule has 2 rings (SSSR count). The molecule has 1 saturated carbocycles. The summed E-state index contributed by atoms with van der Waals surface area (Å²) in [6.45, 7) is 4.77. The average Bonchev–Trinajstić information content (AvgIpc) is 3.08. The van der Waals surface area contributed by atoms with Crippen LogP contribution in [0.2, 0.25) is 0 Å². The Kier molecular flexibility index (Phi) is 4.59. The summed E-state index contributed by atoms with van der Waals surface area (Å²) >= 11 is 0. The molecular weight excluding hydrogens is 319 g/mol. The number of imide groups is 1. The number of carbonyl (C=O) groups is 3. The molecule has 0 aromatic carbocycles. The molecule has 0 aromatic rings.